The number of sulfonamides is 1. The molecule has 3 rings (SSSR count). The molecule has 2 N–H and O–H groups in total. The molecule has 0 aliphatic heterocycles. The second kappa shape index (κ2) is 7.59. The maximum Gasteiger partial charge on any atom is 0.277 e. The first kappa shape index (κ1) is 19.8. The van der Waals surface area contributed by atoms with Gasteiger partial charge in [0.05, 0.1) is 23.0 Å². The SMILES string of the molecule is Cc1c(C)c(C)c(S(=O)(=O)N/N=C/c2cn[nH]c2-c2ccccc2)c(C)c1C. The summed E-state index contributed by atoms with van der Waals surface area (Å²) in [6.07, 6.45) is 3.07. The maximum atomic E-state index is 12.9. The summed E-state index contributed by atoms with van der Waals surface area (Å²) in [6, 6.07) is 9.66. The van der Waals surface area contributed by atoms with E-state index in [1.165, 1.54) is 6.21 Å². The summed E-state index contributed by atoms with van der Waals surface area (Å²) in [5, 5.41) is 11.0. The van der Waals surface area contributed by atoms with E-state index < -0.39 is 10.0 Å². The van der Waals surface area contributed by atoms with Gasteiger partial charge in [-0.25, -0.2) is 4.83 Å². The van der Waals surface area contributed by atoms with Crippen molar-refractivity contribution >= 4 is 16.2 Å². The van der Waals surface area contributed by atoms with Crippen LogP contribution in [-0.2, 0) is 10.0 Å². The van der Waals surface area contributed by atoms with Crippen molar-refractivity contribution in [2.75, 3.05) is 0 Å². The lowest BCUT2D eigenvalue weighted by Gasteiger charge is -2.18. The molecule has 1 aromatic heterocycles. The molecular formula is C21H24N4O2S. The van der Waals surface area contributed by atoms with Crippen molar-refractivity contribution in [2.45, 2.75) is 39.5 Å². The number of hydrogen-bond donors (Lipinski definition) is 2. The van der Waals surface area contributed by atoms with Gasteiger partial charge in [-0.2, -0.15) is 18.6 Å². The Kier molecular flexibility index (Phi) is 5.38. The molecule has 3 aromatic rings. The molecule has 2 aromatic carbocycles. The Hall–Kier alpha value is -2.93. The molecule has 0 saturated carbocycles. The highest BCUT2D eigenvalue weighted by Gasteiger charge is 2.23. The van der Waals surface area contributed by atoms with Crippen LogP contribution < -0.4 is 4.83 Å². The lowest BCUT2D eigenvalue weighted by Crippen LogP contribution is -2.22. The Morgan fingerprint density at radius 2 is 1.50 bits per heavy atom. The van der Waals surface area contributed by atoms with Gasteiger partial charge in [0.25, 0.3) is 10.0 Å². The van der Waals surface area contributed by atoms with E-state index in [4.69, 9.17) is 0 Å². The molecule has 6 nitrogen and oxygen atoms in total. The number of nitrogens with zero attached hydrogens (tertiary/aromatic N) is 2. The summed E-state index contributed by atoms with van der Waals surface area (Å²) in [4.78, 5) is 2.64. The van der Waals surface area contributed by atoms with E-state index in [0.29, 0.717) is 10.5 Å². The standard InChI is InChI=1S/C21H24N4O2S/c1-13-14(2)16(4)21(17(5)15(13)3)28(26,27)25-23-12-19-11-22-24-20(19)18-9-7-6-8-10-18/h6-12,25H,1-5H3,(H,22,24)/b23-12+. The molecule has 0 bridgehead atoms. The topological polar surface area (TPSA) is 87.2 Å². The Morgan fingerprint density at radius 1 is 0.929 bits per heavy atom. The smallest absolute Gasteiger partial charge is 0.277 e. The van der Waals surface area contributed by atoms with Crippen molar-refractivity contribution < 1.29 is 8.42 Å². The Balaban J connectivity index is 1.92. The maximum absolute atomic E-state index is 12.9. The average molecular weight is 397 g/mol. The fourth-order valence-electron chi connectivity index (χ4n) is 3.31. The van der Waals surface area contributed by atoms with Crippen molar-refractivity contribution in [3.8, 4) is 11.3 Å². The van der Waals surface area contributed by atoms with Gasteiger partial charge in [0.1, 0.15) is 0 Å². The van der Waals surface area contributed by atoms with Crippen molar-refractivity contribution in [1.82, 2.24) is 15.0 Å². The highest BCUT2D eigenvalue weighted by molar-refractivity contribution is 7.89. The van der Waals surface area contributed by atoms with Crippen LogP contribution in [0.1, 0.15) is 33.4 Å². The fourth-order valence-corrected chi connectivity index (χ4v) is 4.70. The third kappa shape index (κ3) is 3.57. The first-order valence-corrected chi connectivity index (χ1v) is 10.4. The van der Waals surface area contributed by atoms with Gasteiger partial charge in [-0.05, 0) is 62.4 Å². The van der Waals surface area contributed by atoms with Crippen molar-refractivity contribution in [2.24, 2.45) is 5.10 Å². The minimum Gasteiger partial charge on any atom is -0.277 e. The lowest BCUT2D eigenvalue weighted by atomic mass is 9.95. The van der Waals surface area contributed by atoms with Crippen LogP contribution in [0.25, 0.3) is 11.3 Å². The van der Waals surface area contributed by atoms with E-state index in [-0.39, 0.29) is 0 Å². The normalized spacial score (nSPS) is 11.9. The second-order valence-electron chi connectivity index (χ2n) is 6.87. The van der Waals surface area contributed by atoms with Crippen LogP contribution in [-0.4, -0.2) is 24.8 Å². The number of aromatic amines is 1. The van der Waals surface area contributed by atoms with Crippen LogP contribution in [0.3, 0.4) is 0 Å². The Labute approximate surface area is 165 Å². The van der Waals surface area contributed by atoms with Crippen LogP contribution in [0.2, 0.25) is 0 Å². The first-order chi connectivity index (χ1) is 13.2. The highest BCUT2D eigenvalue weighted by Crippen LogP contribution is 2.29. The molecule has 0 unspecified atom stereocenters. The van der Waals surface area contributed by atoms with Gasteiger partial charge >= 0.3 is 0 Å². The number of H-pyrrole nitrogens is 1. The summed E-state index contributed by atoms with van der Waals surface area (Å²) in [6.45, 7) is 9.55. The van der Waals surface area contributed by atoms with E-state index >= 15 is 0 Å². The first-order valence-electron chi connectivity index (χ1n) is 8.94. The molecule has 0 radical (unpaired) electrons. The number of hydrazone groups is 1. The molecule has 1 heterocycles. The molecule has 0 aliphatic carbocycles. The van der Waals surface area contributed by atoms with Crippen molar-refractivity contribution in [3.63, 3.8) is 0 Å². The minimum absolute atomic E-state index is 0.292. The monoisotopic (exact) mass is 396 g/mol. The van der Waals surface area contributed by atoms with Gasteiger partial charge in [-0.1, -0.05) is 30.3 Å². The van der Waals surface area contributed by atoms with Gasteiger partial charge in [0, 0.05) is 11.1 Å². The summed E-state index contributed by atoms with van der Waals surface area (Å²) < 4.78 is 25.8. The summed E-state index contributed by atoms with van der Waals surface area (Å²) >= 11 is 0. The molecule has 0 amide bonds. The Bertz CT molecular complexity index is 1120. The molecule has 146 valence electrons. The zero-order valence-corrected chi connectivity index (χ0v) is 17.5. The van der Waals surface area contributed by atoms with Crippen LogP contribution in [0.5, 0.6) is 0 Å². The van der Waals surface area contributed by atoms with Gasteiger partial charge in [0.2, 0.25) is 0 Å². The molecule has 7 heteroatoms. The number of benzene rings is 2. The quantitative estimate of drug-likeness (QED) is 0.506. The number of aromatic nitrogens is 2. The molecular weight excluding hydrogens is 372 g/mol. The van der Waals surface area contributed by atoms with Crippen LogP contribution in [0.4, 0.5) is 0 Å². The predicted octanol–water partition coefficient (Wildman–Crippen LogP) is 3.93. The van der Waals surface area contributed by atoms with Crippen LogP contribution in [0.15, 0.2) is 46.5 Å². The zero-order chi connectivity index (χ0) is 20.5. The van der Waals surface area contributed by atoms with E-state index in [1.54, 1.807) is 6.20 Å². The van der Waals surface area contributed by atoms with E-state index in [0.717, 1.165) is 39.1 Å². The zero-order valence-electron chi connectivity index (χ0n) is 16.7. The van der Waals surface area contributed by atoms with Gasteiger partial charge in [-0.15, -0.1) is 0 Å². The largest absolute Gasteiger partial charge is 0.277 e. The number of rotatable bonds is 5. The van der Waals surface area contributed by atoms with E-state index in [2.05, 4.69) is 20.1 Å². The molecule has 0 aliphatic rings. The lowest BCUT2D eigenvalue weighted by molar-refractivity contribution is 0.583. The molecule has 0 saturated heterocycles. The van der Waals surface area contributed by atoms with Gasteiger partial charge in [0.15, 0.2) is 0 Å². The van der Waals surface area contributed by atoms with Crippen LogP contribution >= 0.6 is 0 Å². The molecule has 0 spiro atoms. The van der Waals surface area contributed by atoms with Crippen molar-refractivity contribution in [1.29, 1.82) is 0 Å². The Morgan fingerprint density at radius 3 is 2.11 bits per heavy atom. The average Bonchev–Trinajstić information content (AvgIpc) is 3.14. The summed E-state index contributed by atoms with van der Waals surface area (Å²) in [5.74, 6) is 0. The molecule has 0 atom stereocenters. The second-order valence-corrected chi connectivity index (χ2v) is 8.47. The number of nitrogens with one attached hydrogen (secondary N) is 2. The summed E-state index contributed by atoms with van der Waals surface area (Å²) in [5.41, 5.74) is 6.98. The third-order valence-corrected chi connectivity index (χ3v) is 6.80. The third-order valence-electron chi connectivity index (χ3n) is 5.31. The van der Waals surface area contributed by atoms with Crippen LogP contribution in [0, 0.1) is 34.6 Å². The molecule has 28 heavy (non-hydrogen) atoms. The highest BCUT2D eigenvalue weighted by atomic mass is 32.2. The minimum atomic E-state index is -3.79. The van der Waals surface area contributed by atoms with E-state index in [1.807, 2.05) is 65.0 Å². The summed E-state index contributed by atoms with van der Waals surface area (Å²) in [7, 11) is -3.79. The predicted molar refractivity (Wildman–Crippen MR) is 112 cm³/mol. The number of hydrogen-bond acceptors (Lipinski definition) is 4. The fraction of sp³-hybridized carbons (Fsp3) is 0.238. The van der Waals surface area contributed by atoms with Gasteiger partial charge < -0.3 is 0 Å². The van der Waals surface area contributed by atoms with E-state index in [9.17, 15) is 8.42 Å². The molecule has 0 fully saturated rings. The van der Waals surface area contributed by atoms with Gasteiger partial charge in [-0.3, -0.25) is 5.10 Å². The van der Waals surface area contributed by atoms with Crippen molar-refractivity contribution in [3.05, 3.63) is 69.9 Å².